The van der Waals surface area contributed by atoms with Crippen molar-refractivity contribution in [2.75, 3.05) is 13.2 Å². The van der Waals surface area contributed by atoms with Gasteiger partial charge >= 0.3 is 6.18 Å². The zero-order valence-corrected chi connectivity index (χ0v) is 22.4. The van der Waals surface area contributed by atoms with E-state index >= 15 is 0 Å². The van der Waals surface area contributed by atoms with E-state index in [1.165, 1.54) is 29.9 Å². The summed E-state index contributed by atoms with van der Waals surface area (Å²) in [5.41, 5.74) is 0.134. The quantitative estimate of drug-likeness (QED) is 0.285. The van der Waals surface area contributed by atoms with E-state index in [1.807, 2.05) is 0 Å². The highest BCUT2D eigenvalue weighted by Crippen LogP contribution is 2.47. The first-order valence-electron chi connectivity index (χ1n) is 12.7. The second kappa shape index (κ2) is 10.2. The van der Waals surface area contributed by atoms with E-state index in [0.717, 1.165) is 18.2 Å². The normalized spacial score (nSPS) is 17.7. The van der Waals surface area contributed by atoms with E-state index in [4.69, 9.17) is 10.5 Å². The number of nitrogens with zero attached hydrogens (tertiary/aromatic N) is 3. The summed E-state index contributed by atoms with van der Waals surface area (Å²) in [6, 6.07) is 14.2. The van der Waals surface area contributed by atoms with Gasteiger partial charge in [-0.2, -0.15) is 18.3 Å². The Labute approximate surface area is 236 Å². The van der Waals surface area contributed by atoms with Gasteiger partial charge in [-0.1, -0.05) is 30.3 Å². The minimum Gasteiger partial charge on any atom is -0.489 e. The lowest BCUT2D eigenvalue weighted by Crippen LogP contribution is -2.51. The van der Waals surface area contributed by atoms with E-state index in [-0.39, 0.29) is 40.4 Å². The minimum absolute atomic E-state index is 0.0168. The van der Waals surface area contributed by atoms with Crippen molar-refractivity contribution in [1.29, 1.82) is 0 Å². The summed E-state index contributed by atoms with van der Waals surface area (Å²) in [6.07, 6.45) is -4.00. The van der Waals surface area contributed by atoms with E-state index in [0.29, 0.717) is 5.56 Å². The molecule has 9 nitrogen and oxygen atoms in total. The number of alkyl halides is 3. The third kappa shape index (κ3) is 4.85. The van der Waals surface area contributed by atoms with E-state index in [1.54, 1.807) is 37.4 Å². The Balaban J connectivity index is 1.59. The number of aromatic nitrogens is 3. The summed E-state index contributed by atoms with van der Waals surface area (Å²) >= 11 is 0. The van der Waals surface area contributed by atoms with Crippen LogP contribution in [0.25, 0.3) is 22.5 Å². The fraction of sp³-hybridized carbons (Fsp3) is 0.241. The first kappa shape index (κ1) is 28.7. The predicted molar refractivity (Wildman–Crippen MR) is 143 cm³/mol. The van der Waals surface area contributed by atoms with Crippen LogP contribution in [0.3, 0.4) is 0 Å². The van der Waals surface area contributed by atoms with Crippen molar-refractivity contribution < 1.29 is 37.0 Å². The summed E-state index contributed by atoms with van der Waals surface area (Å²) in [4.78, 5) is 29.6. The van der Waals surface area contributed by atoms with Crippen LogP contribution >= 0.6 is 0 Å². The van der Waals surface area contributed by atoms with Gasteiger partial charge in [-0.25, -0.2) is 9.37 Å². The molecule has 2 amide bonds. The molecule has 1 aliphatic heterocycles. The van der Waals surface area contributed by atoms with Crippen molar-refractivity contribution in [2.45, 2.75) is 24.1 Å². The Kier molecular flexibility index (Phi) is 7.01. The fourth-order valence-electron chi connectivity index (χ4n) is 4.71. The molecule has 0 aliphatic carbocycles. The lowest BCUT2D eigenvalue weighted by molar-refractivity contribution is -0.265. The van der Waals surface area contributed by atoms with Gasteiger partial charge in [0.1, 0.15) is 35.0 Å². The van der Waals surface area contributed by atoms with Crippen LogP contribution in [0.4, 0.5) is 17.6 Å². The van der Waals surface area contributed by atoms with Gasteiger partial charge in [-0.3, -0.25) is 14.3 Å². The molecule has 2 aromatic carbocycles. The van der Waals surface area contributed by atoms with Gasteiger partial charge in [0, 0.05) is 29.9 Å². The fourth-order valence-corrected chi connectivity index (χ4v) is 4.71. The Morgan fingerprint density at radius 3 is 2.36 bits per heavy atom. The monoisotopic (exact) mass is 583 g/mol. The van der Waals surface area contributed by atoms with Gasteiger partial charge < -0.3 is 20.9 Å². The standard InChI is InChI=1S/C29H25F4N5O4/c1-27(26(34)40)15-42-24-20(27)12-21(36-23(24)17-8-10-18(30)11-9-17)28(41,29(31,32)33)14-35-25(39)19-13-38(2)37-22(19)16-6-4-3-5-7-16/h3-13,41H,14-15H2,1-2H3,(H2,34,40)(H,35,39)/t27-,28-/m0/s1. The highest BCUT2D eigenvalue weighted by Gasteiger charge is 2.57. The van der Waals surface area contributed by atoms with Crippen LogP contribution in [0, 0.1) is 5.82 Å². The van der Waals surface area contributed by atoms with Crippen molar-refractivity contribution in [3.8, 4) is 28.3 Å². The SMILES string of the molecule is Cn1cc(C(=O)NC[C@](O)(c2cc3c(c(-c4ccc(F)cc4)n2)OC[C@]3(C)C(N)=O)C(F)(F)F)c(-c2ccccc2)n1. The molecule has 2 aromatic heterocycles. The Bertz CT molecular complexity index is 1670. The number of amides is 2. The average Bonchev–Trinajstić information content (AvgIpc) is 3.52. The first-order chi connectivity index (χ1) is 19.7. The molecule has 1 aliphatic rings. The number of benzene rings is 2. The van der Waals surface area contributed by atoms with Gasteiger partial charge in [0.25, 0.3) is 5.91 Å². The largest absolute Gasteiger partial charge is 0.489 e. The van der Waals surface area contributed by atoms with Crippen molar-refractivity contribution in [2.24, 2.45) is 12.8 Å². The van der Waals surface area contributed by atoms with E-state index < -0.39 is 47.1 Å². The highest BCUT2D eigenvalue weighted by atomic mass is 19.4. The van der Waals surface area contributed by atoms with Crippen LogP contribution in [0.2, 0.25) is 0 Å². The molecule has 0 fully saturated rings. The number of carbonyl (C=O) groups excluding carboxylic acids is 2. The van der Waals surface area contributed by atoms with Crippen LogP contribution in [0.15, 0.2) is 66.9 Å². The molecule has 4 aromatic rings. The molecule has 0 saturated heterocycles. The molecule has 13 heteroatoms. The molecule has 3 heterocycles. The minimum atomic E-state index is -5.35. The Morgan fingerprint density at radius 1 is 1.10 bits per heavy atom. The average molecular weight is 584 g/mol. The van der Waals surface area contributed by atoms with Crippen molar-refractivity contribution in [1.82, 2.24) is 20.1 Å². The number of hydrogen-bond acceptors (Lipinski definition) is 6. The second-order valence-electron chi connectivity index (χ2n) is 10.2. The predicted octanol–water partition coefficient (Wildman–Crippen LogP) is 3.60. The Morgan fingerprint density at radius 2 is 1.74 bits per heavy atom. The van der Waals surface area contributed by atoms with Crippen LogP contribution in [-0.2, 0) is 22.9 Å². The zero-order chi connectivity index (χ0) is 30.4. The second-order valence-corrected chi connectivity index (χ2v) is 10.2. The molecule has 5 rings (SSSR count). The summed E-state index contributed by atoms with van der Waals surface area (Å²) < 4.78 is 64.6. The molecular formula is C29H25F4N5O4. The van der Waals surface area contributed by atoms with Crippen LogP contribution < -0.4 is 15.8 Å². The van der Waals surface area contributed by atoms with Crippen LogP contribution in [0.1, 0.15) is 28.5 Å². The van der Waals surface area contributed by atoms with Crippen LogP contribution in [0.5, 0.6) is 5.75 Å². The number of ether oxygens (including phenoxy) is 1. The van der Waals surface area contributed by atoms with Gasteiger partial charge in [0.15, 0.2) is 0 Å². The lowest BCUT2D eigenvalue weighted by atomic mass is 9.81. The topological polar surface area (TPSA) is 132 Å². The van der Waals surface area contributed by atoms with E-state index in [9.17, 15) is 32.3 Å². The maximum absolute atomic E-state index is 14.7. The van der Waals surface area contributed by atoms with E-state index in [2.05, 4.69) is 15.4 Å². The molecule has 0 spiro atoms. The summed E-state index contributed by atoms with van der Waals surface area (Å²) in [5.74, 6) is -2.43. The van der Waals surface area contributed by atoms with Gasteiger partial charge in [0.2, 0.25) is 11.5 Å². The highest BCUT2D eigenvalue weighted by molar-refractivity contribution is 5.99. The van der Waals surface area contributed by atoms with Gasteiger partial charge in [0.05, 0.1) is 17.8 Å². The van der Waals surface area contributed by atoms with Gasteiger partial charge in [-0.05, 0) is 37.3 Å². The van der Waals surface area contributed by atoms with Gasteiger partial charge in [-0.15, -0.1) is 0 Å². The summed E-state index contributed by atoms with van der Waals surface area (Å²) in [7, 11) is 1.55. The number of aryl methyl sites for hydroxylation is 1. The van der Waals surface area contributed by atoms with Crippen LogP contribution in [-0.4, -0.2) is 51.0 Å². The number of carbonyl (C=O) groups is 2. The summed E-state index contributed by atoms with van der Waals surface area (Å²) in [5, 5.41) is 17.6. The maximum atomic E-state index is 14.7. The molecule has 218 valence electrons. The maximum Gasteiger partial charge on any atom is 0.424 e. The number of hydrogen-bond donors (Lipinski definition) is 3. The third-order valence-electron chi connectivity index (χ3n) is 7.25. The Hall–Kier alpha value is -4.78. The number of aliphatic hydroxyl groups is 1. The third-order valence-corrected chi connectivity index (χ3v) is 7.25. The number of nitrogens with one attached hydrogen (secondary N) is 1. The number of nitrogens with two attached hydrogens (primary N) is 1. The molecular weight excluding hydrogens is 558 g/mol. The van der Waals surface area contributed by atoms with Crippen molar-refractivity contribution in [3.63, 3.8) is 0 Å². The molecule has 42 heavy (non-hydrogen) atoms. The molecule has 0 bridgehead atoms. The molecule has 0 unspecified atom stereocenters. The number of primary amides is 1. The zero-order valence-electron chi connectivity index (χ0n) is 22.4. The molecule has 2 atom stereocenters. The first-order valence-corrected chi connectivity index (χ1v) is 12.7. The number of halogens is 4. The summed E-state index contributed by atoms with van der Waals surface area (Å²) in [6.45, 7) is -0.232. The molecule has 0 saturated carbocycles. The smallest absolute Gasteiger partial charge is 0.424 e. The lowest BCUT2D eigenvalue weighted by Gasteiger charge is -2.31. The number of fused-ring (bicyclic) bond motifs is 1. The van der Waals surface area contributed by atoms with Crippen molar-refractivity contribution >= 4 is 11.8 Å². The number of pyridine rings is 1. The number of rotatable bonds is 7. The molecule has 0 radical (unpaired) electrons. The molecule has 4 N–H and O–H groups in total. The van der Waals surface area contributed by atoms with Crippen molar-refractivity contribution in [3.05, 3.63) is 89.5 Å².